The van der Waals surface area contributed by atoms with Crippen LogP contribution >= 0.6 is 0 Å². The summed E-state index contributed by atoms with van der Waals surface area (Å²) in [6.07, 6.45) is 0.158. The molecule has 1 aliphatic heterocycles. The van der Waals surface area contributed by atoms with Crippen molar-refractivity contribution in [3.63, 3.8) is 0 Å². The van der Waals surface area contributed by atoms with Gasteiger partial charge in [-0.1, -0.05) is 60.7 Å². The number of hydrogen-bond donors (Lipinski definition) is 16. The van der Waals surface area contributed by atoms with E-state index < -0.39 is 96.1 Å². The topological polar surface area (TPSA) is 490 Å². The number of nitrogens with one attached hydrogen (secondary N) is 8. The molecule has 3 rings (SSSR count). The lowest BCUT2D eigenvalue weighted by molar-refractivity contribution is -0.136. The molecular weight excluding hydrogens is 973 g/mol. The van der Waals surface area contributed by atoms with Crippen LogP contribution in [0.15, 0.2) is 80.6 Å². The molecule has 2 aromatic carbocycles. The monoisotopic (exact) mass is 1050 g/mol. The molecule has 410 valence electrons. The van der Waals surface area contributed by atoms with Gasteiger partial charge in [0.2, 0.25) is 47.3 Å². The molecule has 1 heterocycles. The standard InChI is InChI=1S/C47H74N20O8/c1-27-37(69)67-34(24-28-12-4-2-5-13-28)38(70)60-26-36(68)62-35(25-29-14-6-3-7-15-29)43(75)66-33(19-11-23-59-47(54)55)42(74)65-32(18-10-22-58-46(52)53)41(73)64-31(17-9-21-57-45(50)51)40(72)63-30(39(71)61-27)16-8-20-56-44(48)49/h2-7,12-15,27,30-35H,8-11,16-26H2,1H3,(H,60,70)(H,61,71)(H,62,68)(H,63,72)(H,64,73)(H,65,74)(H,66,75)(H,67,69)(H4,48,49,56)(H4,50,51,57)(H4,52,53,58)(H4,54,55,59)/t27-,30-,31-,32-,33-,34-,35-/m0/s1. The highest BCUT2D eigenvalue weighted by molar-refractivity contribution is 5.98. The van der Waals surface area contributed by atoms with Crippen molar-refractivity contribution in [3.8, 4) is 0 Å². The maximum atomic E-state index is 14.4. The van der Waals surface area contributed by atoms with Gasteiger partial charge in [0.25, 0.3) is 0 Å². The van der Waals surface area contributed by atoms with Gasteiger partial charge in [-0.2, -0.15) is 0 Å². The first-order valence-corrected chi connectivity index (χ1v) is 24.4. The van der Waals surface area contributed by atoms with E-state index in [0.29, 0.717) is 11.1 Å². The fourth-order valence-electron chi connectivity index (χ4n) is 7.51. The predicted molar refractivity (Wildman–Crippen MR) is 282 cm³/mol. The average molecular weight is 1050 g/mol. The van der Waals surface area contributed by atoms with Gasteiger partial charge in [0.15, 0.2) is 23.8 Å². The lowest BCUT2D eigenvalue weighted by Crippen LogP contribution is -2.60. The summed E-state index contributed by atoms with van der Waals surface area (Å²) in [4.78, 5) is 129. The summed E-state index contributed by atoms with van der Waals surface area (Å²) in [6.45, 7) is 0.872. The summed E-state index contributed by atoms with van der Waals surface area (Å²) in [6, 6.07) is 7.93. The van der Waals surface area contributed by atoms with E-state index in [9.17, 15) is 38.4 Å². The van der Waals surface area contributed by atoms with Gasteiger partial charge < -0.3 is 88.4 Å². The Bertz CT molecular complexity index is 2340. The summed E-state index contributed by atoms with van der Waals surface area (Å²) in [5.74, 6) is -7.42. The first kappa shape index (κ1) is 60.6. The molecular formula is C47H74N20O8. The number of guanidine groups is 4. The van der Waals surface area contributed by atoms with Crippen LogP contribution in [-0.2, 0) is 51.2 Å². The molecule has 28 heteroatoms. The van der Waals surface area contributed by atoms with E-state index in [1.54, 1.807) is 60.7 Å². The molecule has 1 aliphatic rings. The van der Waals surface area contributed by atoms with Crippen LogP contribution in [0, 0.1) is 0 Å². The van der Waals surface area contributed by atoms with Crippen molar-refractivity contribution in [3.05, 3.63) is 71.8 Å². The molecule has 0 unspecified atom stereocenters. The Labute approximate surface area is 434 Å². The number of nitrogens with zero attached hydrogens (tertiary/aromatic N) is 4. The van der Waals surface area contributed by atoms with Crippen LogP contribution in [0.3, 0.4) is 0 Å². The molecule has 2 aromatic rings. The van der Waals surface area contributed by atoms with Gasteiger partial charge in [-0.25, -0.2) is 0 Å². The SMILES string of the molecule is C[C@@H]1NC(=O)[C@H](CCCN=C(N)N)NC(=O)[C@H](CCCN=C(N)N)NC(=O)[C@H](CCCN=C(N)N)NC(=O)[C@H](CCCN=C(N)N)NC(=O)[C@H](Cc2ccccc2)NC(=O)CNC(=O)[C@H](Cc2ccccc2)NC1=O. The summed E-state index contributed by atoms with van der Waals surface area (Å²) < 4.78 is 0. The zero-order chi connectivity index (χ0) is 55.3. The van der Waals surface area contributed by atoms with Gasteiger partial charge in [-0.15, -0.1) is 0 Å². The molecule has 24 N–H and O–H groups in total. The molecule has 7 atom stereocenters. The Balaban J connectivity index is 2.18. The maximum absolute atomic E-state index is 14.4. The summed E-state index contributed by atoms with van der Waals surface area (Å²) in [5.41, 5.74) is 45.6. The molecule has 8 amide bonds. The number of hydrogen-bond acceptors (Lipinski definition) is 12. The lowest BCUT2D eigenvalue weighted by Gasteiger charge is -2.28. The van der Waals surface area contributed by atoms with Crippen molar-refractivity contribution in [2.45, 2.75) is 113 Å². The van der Waals surface area contributed by atoms with Crippen molar-refractivity contribution in [1.29, 1.82) is 0 Å². The number of nitrogens with two attached hydrogens (primary N) is 8. The molecule has 0 aliphatic carbocycles. The van der Waals surface area contributed by atoms with Crippen LogP contribution in [0.4, 0.5) is 0 Å². The van der Waals surface area contributed by atoms with Gasteiger partial charge >= 0.3 is 0 Å². The molecule has 0 aromatic heterocycles. The highest BCUT2D eigenvalue weighted by Gasteiger charge is 2.34. The number of amides is 8. The van der Waals surface area contributed by atoms with Gasteiger partial charge in [0.1, 0.15) is 42.3 Å². The van der Waals surface area contributed by atoms with Crippen LogP contribution in [-0.4, -0.2) is 146 Å². The molecule has 75 heavy (non-hydrogen) atoms. The largest absolute Gasteiger partial charge is 0.370 e. The highest BCUT2D eigenvalue weighted by atomic mass is 16.2. The quantitative estimate of drug-likeness (QED) is 0.0334. The number of carbonyl (C=O) groups excluding carboxylic acids is 8. The number of aliphatic imine (C=N–C) groups is 4. The Kier molecular flexibility index (Phi) is 26.2. The zero-order valence-electron chi connectivity index (χ0n) is 42.1. The molecule has 0 radical (unpaired) electrons. The van der Waals surface area contributed by atoms with Crippen molar-refractivity contribution in [2.75, 3.05) is 32.7 Å². The van der Waals surface area contributed by atoms with E-state index in [-0.39, 0.29) is 114 Å². The minimum absolute atomic E-state index is 0.0329. The van der Waals surface area contributed by atoms with Gasteiger partial charge in [-0.3, -0.25) is 58.3 Å². The molecule has 28 nitrogen and oxygen atoms in total. The zero-order valence-corrected chi connectivity index (χ0v) is 42.1. The average Bonchev–Trinajstić information content (AvgIpc) is 3.36. The van der Waals surface area contributed by atoms with Crippen molar-refractivity contribution in [1.82, 2.24) is 42.5 Å². The second-order valence-electron chi connectivity index (χ2n) is 17.5. The summed E-state index contributed by atoms with van der Waals surface area (Å²) in [7, 11) is 0. The first-order chi connectivity index (χ1) is 35.7. The molecule has 1 fully saturated rings. The summed E-state index contributed by atoms with van der Waals surface area (Å²) >= 11 is 0. The van der Waals surface area contributed by atoms with Gasteiger partial charge in [-0.05, 0) is 69.4 Å². The first-order valence-electron chi connectivity index (χ1n) is 24.4. The smallest absolute Gasteiger partial charge is 0.243 e. The van der Waals surface area contributed by atoms with Crippen LogP contribution in [0.2, 0.25) is 0 Å². The van der Waals surface area contributed by atoms with Crippen LogP contribution in [0.25, 0.3) is 0 Å². The fourth-order valence-corrected chi connectivity index (χ4v) is 7.51. The van der Waals surface area contributed by atoms with Gasteiger partial charge in [0, 0.05) is 39.0 Å². The van der Waals surface area contributed by atoms with E-state index >= 15 is 0 Å². The Morgan fingerprint density at radius 3 is 1.03 bits per heavy atom. The van der Waals surface area contributed by atoms with E-state index in [1.165, 1.54) is 6.92 Å². The number of benzene rings is 2. The molecule has 1 saturated heterocycles. The molecule has 0 bridgehead atoms. The van der Waals surface area contributed by atoms with E-state index in [2.05, 4.69) is 62.5 Å². The van der Waals surface area contributed by atoms with Crippen molar-refractivity contribution < 1.29 is 38.4 Å². The van der Waals surface area contributed by atoms with Crippen LogP contribution in [0.1, 0.15) is 69.4 Å². The maximum Gasteiger partial charge on any atom is 0.243 e. The van der Waals surface area contributed by atoms with E-state index in [1.807, 2.05) is 0 Å². The minimum Gasteiger partial charge on any atom is -0.370 e. The van der Waals surface area contributed by atoms with Crippen LogP contribution in [0.5, 0.6) is 0 Å². The predicted octanol–water partition coefficient (Wildman–Crippen LogP) is -5.77. The third kappa shape index (κ3) is 24.0. The second kappa shape index (κ2) is 32.4. The summed E-state index contributed by atoms with van der Waals surface area (Å²) in [5, 5.41) is 21.2. The van der Waals surface area contributed by atoms with Crippen molar-refractivity contribution >= 4 is 71.1 Å². The molecule has 0 spiro atoms. The molecule has 0 saturated carbocycles. The minimum atomic E-state index is -1.39. The Morgan fingerprint density at radius 2 is 0.693 bits per heavy atom. The van der Waals surface area contributed by atoms with Gasteiger partial charge in [0.05, 0.1) is 6.54 Å². The number of carbonyl (C=O) groups is 8. The lowest BCUT2D eigenvalue weighted by atomic mass is 10.0. The normalized spacial score (nSPS) is 21.6. The third-order valence-corrected chi connectivity index (χ3v) is 11.3. The van der Waals surface area contributed by atoms with E-state index in [4.69, 9.17) is 45.9 Å². The van der Waals surface area contributed by atoms with Crippen molar-refractivity contribution in [2.24, 2.45) is 65.8 Å². The number of rotatable bonds is 20. The fraction of sp³-hybridized carbons (Fsp3) is 0.489. The van der Waals surface area contributed by atoms with Crippen LogP contribution < -0.4 is 88.4 Å². The Hall–Kier alpha value is -8.72. The second-order valence-corrected chi connectivity index (χ2v) is 17.5. The van der Waals surface area contributed by atoms with E-state index in [0.717, 1.165) is 0 Å². The third-order valence-electron chi connectivity index (χ3n) is 11.3. The highest BCUT2D eigenvalue weighted by Crippen LogP contribution is 2.11. The Morgan fingerprint density at radius 1 is 0.400 bits per heavy atom.